The van der Waals surface area contributed by atoms with Crippen molar-refractivity contribution < 1.29 is 14.7 Å². The number of fused-ring (bicyclic) bond motifs is 1. The second-order valence-corrected chi connectivity index (χ2v) is 8.00. The Hall–Kier alpha value is -3.55. The lowest BCUT2D eigenvalue weighted by atomic mass is 9.81. The zero-order valence-electron chi connectivity index (χ0n) is 17.0. The standard InChI is InChI=1S/C23H24N4O4/c28-21(24-20(23(30)31)16-6-2-1-3-7-16)17-12-10-15(11-13-17)14-27-22(29)18-8-4-5-9-19(18)25-26-27/h1-9,15,17,20H,10-14H2,(H,24,28)(H,30,31)/t15?,17?,20-/m0/s1. The fraction of sp³-hybridized carbons (Fsp3) is 0.348. The summed E-state index contributed by atoms with van der Waals surface area (Å²) in [6.45, 7) is 0.465. The molecule has 0 unspecified atom stereocenters. The molecule has 1 aliphatic rings. The molecule has 1 aliphatic carbocycles. The zero-order chi connectivity index (χ0) is 21.8. The fourth-order valence-electron chi connectivity index (χ4n) is 4.19. The van der Waals surface area contributed by atoms with E-state index in [0.29, 0.717) is 35.9 Å². The van der Waals surface area contributed by atoms with Gasteiger partial charge in [0.1, 0.15) is 5.52 Å². The van der Waals surface area contributed by atoms with Crippen molar-refractivity contribution in [2.75, 3.05) is 0 Å². The first-order valence-electron chi connectivity index (χ1n) is 10.4. The van der Waals surface area contributed by atoms with E-state index < -0.39 is 12.0 Å². The van der Waals surface area contributed by atoms with Crippen LogP contribution in [0.25, 0.3) is 10.9 Å². The van der Waals surface area contributed by atoms with Gasteiger partial charge in [-0.2, -0.15) is 0 Å². The number of carboxylic acids is 1. The van der Waals surface area contributed by atoms with Crippen molar-refractivity contribution in [3.05, 3.63) is 70.5 Å². The van der Waals surface area contributed by atoms with Crippen LogP contribution in [-0.4, -0.2) is 32.0 Å². The van der Waals surface area contributed by atoms with Crippen molar-refractivity contribution in [2.45, 2.75) is 38.3 Å². The molecule has 0 aliphatic heterocycles. The number of hydrogen-bond acceptors (Lipinski definition) is 5. The van der Waals surface area contributed by atoms with Gasteiger partial charge in [0.2, 0.25) is 5.91 Å². The highest BCUT2D eigenvalue weighted by Gasteiger charge is 2.30. The van der Waals surface area contributed by atoms with Gasteiger partial charge in [0.25, 0.3) is 5.56 Å². The highest BCUT2D eigenvalue weighted by Crippen LogP contribution is 2.30. The summed E-state index contributed by atoms with van der Waals surface area (Å²) >= 11 is 0. The summed E-state index contributed by atoms with van der Waals surface area (Å²) in [6.07, 6.45) is 2.82. The lowest BCUT2D eigenvalue weighted by Crippen LogP contribution is -2.39. The molecule has 31 heavy (non-hydrogen) atoms. The van der Waals surface area contributed by atoms with Crippen molar-refractivity contribution in [1.29, 1.82) is 0 Å². The van der Waals surface area contributed by atoms with Crippen LogP contribution in [-0.2, 0) is 16.1 Å². The van der Waals surface area contributed by atoms with Crippen molar-refractivity contribution in [3.8, 4) is 0 Å². The van der Waals surface area contributed by atoms with Gasteiger partial charge in [-0.1, -0.05) is 47.7 Å². The maximum atomic E-state index is 12.7. The Kier molecular flexibility index (Phi) is 6.06. The molecule has 8 heteroatoms. The smallest absolute Gasteiger partial charge is 0.330 e. The summed E-state index contributed by atoms with van der Waals surface area (Å²) in [5, 5.41) is 20.9. The van der Waals surface area contributed by atoms with Gasteiger partial charge in [-0.3, -0.25) is 9.59 Å². The molecule has 1 aromatic heterocycles. The lowest BCUT2D eigenvalue weighted by molar-refractivity contribution is -0.143. The van der Waals surface area contributed by atoms with Gasteiger partial charge in [-0.15, -0.1) is 5.10 Å². The van der Waals surface area contributed by atoms with Crippen LogP contribution in [0.3, 0.4) is 0 Å². The van der Waals surface area contributed by atoms with Crippen LogP contribution in [0.4, 0.5) is 0 Å². The third-order valence-corrected chi connectivity index (χ3v) is 5.94. The Labute approximate surface area is 178 Å². The minimum absolute atomic E-state index is 0.155. The van der Waals surface area contributed by atoms with Gasteiger partial charge < -0.3 is 10.4 Å². The average Bonchev–Trinajstić information content (AvgIpc) is 2.80. The lowest BCUT2D eigenvalue weighted by Gasteiger charge is -2.28. The molecular weight excluding hydrogens is 396 g/mol. The largest absolute Gasteiger partial charge is 0.479 e. The van der Waals surface area contributed by atoms with Gasteiger partial charge >= 0.3 is 5.97 Å². The molecule has 0 radical (unpaired) electrons. The van der Waals surface area contributed by atoms with E-state index in [9.17, 15) is 19.5 Å². The number of carbonyl (C=O) groups excluding carboxylic acids is 1. The number of aliphatic carboxylic acids is 1. The quantitative estimate of drug-likeness (QED) is 0.633. The number of rotatable bonds is 6. The van der Waals surface area contributed by atoms with Gasteiger partial charge in [-0.05, 0) is 49.3 Å². The molecule has 2 N–H and O–H groups in total. The van der Waals surface area contributed by atoms with Crippen molar-refractivity contribution in [3.63, 3.8) is 0 Å². The number of amides is 1. The highest BCUT2D eigenvalue weighted by molar-refractivity contribution is 5.85. The van der Waals surface area contributed by atoms with E-state index in [4.69, 9.17) is 0 Å². The second kappa shape index (κ2) is 9.07. The Balaban J connectivity index is 1.36. The number of hydrogen-bond donors (Lipinski definition) is 2. The molecule has 1 saturated carbocycles. The van der Waals surface area contributed by atoms with Gasteiger partial charge in [-0.25, -0.2) is 9.48 Å². The number of nitrogens with zero attached hydrogens (tertiary/aromatic N) is 3. The summed E-state index contributed by atoms with van der Waals surface area (Å²) < 4.78 is 1.41. The summed E-state index contributed by atoms with van der Waals surface area (Å²) in [7, 11) is 0. The van der Waals surface area contributed by atoms with E-state index in [0.717, 1.165) is 12.8 Å². The first-order chi connectivity index (χ1) is 15.0. The predicted octanol–water partition coefficient (Wildman–Crippen LogP) is 2.54. The number of nitrogens with one attached hydrogen (secondary N) is 1. The Morgan fingerprint density at radius 1 is 1.03 bits per heavy atom. The highest BCUT2D eigenvalue weighted by atomic mass is 16.4. The van der Waals surface area contributed by atoms with Crippen LogP contribution >= 0.6 is 0 Å². The molecule has 0 spiro atoms. The third-order valence-electron chi connectivity index (χ3n) is 5.94. The molecule has 3 aromatic rings. The van der Waals surface area contributed by atoms with E-state index in [2.05, 4.69) is 15.6 Å². The van der Waals surface area contributed by atoms with Crippen molar-refractivity contribution in [1.82, 2.24) is 20.3 Å². The SMILES string of the molecule is O=C(N[C@H](C(=O)O)c1ccccc1)C1CCC(Cn2nnc3ccccc3c2=O)CC1. The molecule has 0 saturated heterocycles. The van der Waals surface area contributed by atoms with E-state index in [-0.39, 0.29) is 23.3 Å². The Morgan fingerprint density at radius 3 is 2.42 bits per heavy atom. The minimum atomic E-state index is -1.08. The topological polar surface area (TPSA) is 114 Å². The molecule has 1 heterocycles. The molecule has 2 aromatic carbocycles. The molecule has 4 rings (SSSR count). The zero-order valence-corrected chi connectivity index (χ0v) is 17.0. The van der Waals surface area contributed by atoms with Crippen LogP contribution in [0.1, 0.15) is 37.3 Å². The monoisotopic (exact) mass is 420 g/mol. The van der Waals surface area contributed by atoms with Gasteiger partial charge in [0.05, 0.1) is 5.39 Å². The number of benzene rings is 2. The molecule has 1 amide bonds. The maximum Gasteiger partial charge on any atom is 0.330 e. The van der Waals surface area contributed by atoms with E-state index in [1.165, 1.54) is 4.68 Å². The fourth-order valence-corrected chi connectivity index (χ4v) is 4.19. The van der Waals surface area contributed by atoms with Gasteiger partial charge in [0.15, 0.2) is 6.04 Å². The molecule has 1 atom stereocenters. The minimum Gasteiger partial charge on any atom is -0.479 e. The molecule has 0 bridgehead atoms. The van der Waals surface area contributed by atoms with E-state index in [1.54, 1.807) is 48.5 Å². The maximum absolute atomic E-state index is 12.7. The molecule has 160 valence electrons. The average molecular weight is 420 g/mol. The summed E-state index contributed by atoms with van der Waals surface area (Å²) in [5.74, 6) is -1.33. The van der Waals surface area contributed by atoms with Crippen molar-refractivity contribution >= 4 is 22.8 Å². The van der Waals surface area contributed by atoms with Crippen LogP contribution in [0.5, 0.6) is 0 Å². The number of carbonyl (C=O) groups is 2. The van der Waals surface area contributed by atoms with Crippen molar-refractivity contribution in [2.24, 2.45) is 11.8 Å². The first-order valence-corrected chi connectivity index (χ1v) is 10.4. The number of carboxylic acid groups (broad SMARTS) is 1. The van der Waals surface area contributed by atoms with Crippen LogP contribution in [0.2, 0.25) is 0 Å². The molecule has 8 nitrogen and oxygen atoms in total. The van der Waals surface area contributed by atoms with Crippen LogP contribution in [0, 0.1) is 11.8 Å². The molecule has 1 fully saturated rings. The summed E-state index contributed by atoms with van der Waals surface area (Å²) in [6, 6.07) is 14.8. The Morgan fingerprint density at radius 2 is 1.71 bits per heavy atom. The molecular formula is C23H24N4O4. The first kappa shape index (κ1) is 20.7. The van der Waals surface area contributed by atoms with Gasteiger partial charge in [0, 0.05) is 12.5 Å². The predicted molar refractivity (Wildman–Crippen MR) is 114 cm³/mol. The van der Waals surface area contributed by atoms with Crippen LogP contribution in [0.15, 0.2) is 59.4 Å². The van der Waals surface area contributed by atoms with E-state index >= 15 is 0 Å². The van der Waals surface area contributed by atoms with E-state index in [1.807, 2.05) is 6.07 Å². The number of aromatic nitrogens is 3. The Bertz CT molecular complexity index is 1140. The normalized spacial score (nSPS) is 19.6. The van der Waals surface area contributed by atoms with Crippen LogP contribution < -0.4 is 10.9 Å². The third kappa shape index (κ3) is 4.63. The second-order valence-electron chi connectivity index (χ2n) is 8.00. The summed E-state index contributed by atoms with van der Waals surface area (Å²) in [4.78, 5) is 37.0. The summed E-state index contributed by atoms with van der Waals surface area (Å²) in [5.41, 5.74) is 0.972.